The van der Waals surface area contributed by atoms with Gasteiger partial charge in [0.1, 0.15) is 4.90 Å². The normalized spacial score (nSPS) is 23.2. The maximum Gasteiger partial charge on any atom is 0.243 e. The summed E-state index contributed by atoms with van der Waals surface area (Å²) >= 11 is 0. The van der Waals surface area contributed by atoms with Crippen LogP contribution in [0.5, 0.6) is 0 Å². The van der Waals surface area contributed by atoms with Crippen molar-refractivity contribution in [3.05, 3.63) is 29.6 Å². The lowest BCUT2D eigenvalue weighted by molar-refractivity contribution is 0.295. The first-order chi connectivity index (χ1) is 9.86. The topological polar surface area (TPSA) is 72.2 Å². The van der Waals surface area contributed by atoms with Gasteiger partial charge < -0.3 is 5.73 Å². The van der Waals surface area contributed by atoms with E-state index in [1.54, 1.807) is 0 Å². The van der Waals surface area contributed by atoms with Crippen LogP contribution in [0.1, 0.15) is 25.7 Å². The fraction of sp³-hybridized carbons (Fsp3) is 0.538. The van der Waals surface area contributed by atoms with E-state index in [1.807, 2.05) is 0 Å². The Morgan fingerprint density at radius 1 is 1.14 bits per heavy atom. The highest BCUT2D eigenvalue weighted by Gasteiger charge is 2.31. The molecule has 0 bridgehead atoms. The average Bonchev–Trinajstić information content (AvgIpc) is 2.44. The van der Waals surface area contributed by atoms with Gasteiger partial charge in [0.05, 0.1) is 0 Å². The summed E-state index contributed by atoms with van der Waals surface area (Å²) in [7, 11) is -4.26. The molecular formula is C13H17F3N2O2S. The number of nitrogens with one attached hydrogen (secondary N) is 1. The molecule has 0 heterocycles. The summed E-state index contributed by atoms with van der Waals surface area (Å²) in [6, 6.07) is 0.895. The van der Waals surface area contributed by atoms with E-state index in [0.29, 0.717) is 19.0 Å². The molecule has 1 fully saturated rings. The first kappa shape index (κ1) is 16.3. The highest BCUT2D eigenvalue weighted by Crippen LogP contribution is 2.26. The minimum absolute atomic E-state index is 0.0399. The first-order valence-corrected chi connectivity index (χ1v) is 8.21. The number of sulfonamides is 1. The Kier molecular flexibility index (Phi) is 4.90. The molecule has 0 radical (unpaired) electrons. The second kappa shape index (κ2) is 6.33. The summed E-state index contributed by atoms with van der Waals surface area (Å²) in [5, 5.41) is 0. The van der Waals surface area contributed by atoms with Crippen molar-refractivity contribution >= 4 is 10.0 Å². The minimum Gasteiger partial charge on any atom is -0.330 e. The van der Waals surface area contributed by atoms with Gasteiger partial charge in [-0.05, 0) is 37.4 Å². The van der Waals surface area contributed by atoms with Crippen LogP contribution in [-0.4, -0.2) is 21.0 Å². The summed E-state index contributed by atoms with van der Waals surface area (Å²) in [5.74, 6) is -4.97. The summed E-state index contributed by atoms with van der Waals surface area (Å²) in [6.45, 7) is 0.313. The van der Waals surface area contributed by atoms with Gasteiger partial charge in [-0.25, -0.2) is 26.3 Å². The van der Waals surface area contributed by atoms with Gasteiger partial charge in [0, 0.05) is 6.04 Å². The molecule has 0 amide bonds. The molecule has 0 saturated heterocycles. The third-order valence-corrected chi connectivity index (χ3v) is 5.31. The van der Waals surface area contributed by atoms with Gasteiger partial charge in [-0.2, -0.15) is 0 Å². The van der Waals surface area contributed by atoms with Crippen molar-refractivity contribution < 1.29 is 21.6 Å². The molecule has 8 heteroatoms. The van der Waals surface area contributed by atoms with E-state index in [-0.39, 0.29) is 5.92 Å². The van der Waals surface area contributed by atoms with Crippen molar-refractivity contribution in [3.63, 3.8) is 0 Å². The van der Waals surface area contributed by atoms with Crippen molar-refractivity contribution in [3.8, 4) is 0 Å². The van der Waals surface area contributed by atoms with E-state index in [0.717, 1.165) is 25.3 Å². The maximum atomic E-state index is 13.6. The zero-order valence-electron chi connectivity index (χ0n) is 11.3. The molecule has 118 valence electrons. The van der Waals surface area contributed by atoms with Crippen LogP contribution in [0, 0.1) is 23.4 Å². The Hall–Kier alpha value is -1.12. The molecule has 3 N–H and O–H groups in total. The van der Waals surface area contributed by atoms with Crippen LogP contribution < -0.4 is 10.5 Å². The number of benzene rings is 1. The Morgan fingerprint density at radius 2 is 1.81 bits per heavy atom. The van der Waals surface area contributed by atoms with E-state index in [2.05, 4.69) is 4.72 Å². The standard InChI is InChI=1S/C13H17F3N2O2S/c14-9-5-6-11(13(16)12(9)15)21(19,20)18-10-4-2-1-3-8(10)7-17/h5-6,8,10,18H,1-4,7,17H2. The number of rotatable bonds is 4. The molecule has 4 nitrogen and oxygen atoms in total. The average molecular weight is 322 g/mol. The summed E-state index contributed by atoms with van der Waals surface area (Å²) < 4.78 is 66.4. The quantitative estimate of drug-likeness (QED) is 0.832. The molecule has 2 atom stereocenters. The Morgan fingerprint density at radius 3 is 2.48 bits per heavy atom. The molecule has 1 aromatic carbocycles. The van der Waals surface area contributed by atoms with Gasteiger partial charge in [0.15, 0.2) is 17.5 Å². The van der Waals surface area contributed by atoms with Gasteiger partial charge in [-0.3, -0.25) is 0 Å². The lowest BCUT2D eigenvalue weighted by atomic mass is 9.85. The van der Waals surface area contributed by atoms with E-state index in [1.165, 1.54) is 0 Å². The Balaban J connectivity index is 2.28. The highest BCUT2D eigenvalue weighted by molar-refractivity contribution is 7.89. The van der Waals surface area contributed by atoms with Crippen molar-refractivity contribution in [1.82, 2.24) is 4.72 Å². The molecule has 1 aliphatic rings. The van der Waals surface area contributed by atoms with Gasteiger partial charge in [0.2, 0.25) is 10.0 Å². The number of halogens is 3. The van der Waals surface area contributed by atoms with Gasteiger partial charge >= 0.3 is 0 Å². The summed E-state index contributed by atoms with van der Waals surface area (Å²) in [6.07, 6.45) is 3.17. The molecule has 2 rings (SSSR count). The van der Waals surface area contributed by atoms with E-state index >= 15 is 0 Å². The zero-order chi connectivity index (χ0) is 15.6. The van der Waals surface area contributed by atoms with E-state index in [4.69, 9.17) is 5.73 Å². The predicted molar refractivity (Wildman–Crippen MR) is 71.4 cm³/mol. The van der Waals surface area contributed by atoms with Crippen LogP contribution in [0.4, 0.5) is 13.2 Å². The predicted octanol–water partition coefficient (Wildman–Crippen LogP) is 1.90. The van der Waals surface area contributed by atoms with Crippen molar-refractivity contribution in [2.45, 2.75) is 36.6 Å². The fourth-order valence-corrected chi connectivity index (χ4v) is 4.03. The van der Waals surface area contributed by atoms with Gasteiger partial charge in [-0.15, -0.1) is 0 Å². The van der Waals surface area contributed by atoms with E-state index < -0.39 is 38.4 Å². The SMILES string of the molecule is NCC1CCCCC1NS(=O)(=O)c1ccc(F)c(F)c1F. The number of hydrogen-bond acceptors (Lipinski definition) is 3. The second-order valence-corrected chi connectivity index (χ2v) is 6.86. The molecule has 21 heavy (non-hydrogen) atoms. The highest BCUT2D eigenvalue weighted by atomic mass is 32.2. The van der Waals surface area contributed by atoms with Crippen molar-refractivity contribution in [1.29, 1.82) is 0 Å². The second-order valence-electron chi connectivity index (χ2n) is 5.18. The zero-order valence-corrected chi connectivity index (χ0v) is 12.1. The summed E-state index contributed by atoms with van der Waals surface area (Å²) in [5.41, 5.74) is 5.61. The van der Waals surface area contributed by atoms with Crippen LogP contribution in [-0.2, 0) is 10.0 Å². The summed E-state index contributed by atoms with van der Waals surface area (Å²) in [4.78, 5) is -0.886. The molecule has 0 spiro atoms. The molecule has 1 aromatic rings. The smallest absolute Gasteiger partial charge is 0.243 e. The monoisotopic (exact) mass is 322 g/mol. The van der Waals surface area contributed by atoms with E-state index in [9.17, 15) is 21.6 Å². The lowest BCUT2D eigenvalue weighted by Gasteiger charge is -2.31. The third-order valence-electron chi connectivity index (χ3n) is 3.81. The fourth-order valence-electron chi connectivity index (χ4n) is 2.62. The molecule has 0 aliphatic heterocycles. The first-order valence-electron chi connectivity index (χ1n) is 6.72. The van der Waals surface area contributed by atoms with Crippen LogP contribution in [0.3, 0.4) is 0 Å². The number of nitrogens with two attached hydrogens (primary N) is 1. The molecule has 1 saturated carbocycles. The van der Waals surface area contributed by atoms with Crippen molar-refractivity contribution in [2.24, 2.45) is 11.7 Å². The number of hydrogen-bond donors (Lipinski definition) is 2. The Labute approximate surface area is 121 Å². The molecule has 0 aromatic heterocycles. The Bertz CT molecular complexity index is 622. The maximum absolute atomic E-state index is 13.6. The van der Waals surface area contributed by atoms with Gasteiger partial charge in [0.25, 0.3) is 0 Å². The largest absolute Gasteiger partial charge is 0.330 e. The third kappa shape index (κ3) is 3.38. The van der Waals surface area contributed by atoms with Crippen LogP contribution in [0.15, 0.2) is 17.0 Å². The van der Waals surface area contributed by atoms with Gasteiger partial charge in [-0.1, -0.05) is 12.8 Å². The molecule has 2 unspecified atom stereocenters. The lowest BCUT2D eigenvalue weighted by Crippen LogP contribution is -2.44. The van der Waals surface area contributed by atoms with Crippen molar-refractivity contribution in [2.75, 3.05) is 6.54 Å². The molecular weight excluding hydrogens is 305 g/mol. The van der Waals surface area contributed by atoms with Crippen LogP contribution in [0.25, 0.3) is 0 Å². The van der Waals surface area contributed by atoms with Crippen LogP contribution in [0.2, 0.25) is 0 Å². The molecule has 1 aliphatic carbocycles. The van der Waals surface area contributed by atoms with Crippen LogP contribution >= 0.6 is 0 Å². The minimum atomic E-state index is -4.26.